The number of carbonyl (C=O) groups is 2. The molecule has 0 unspecified atom stereocenters. The predicted molar refractivity (Wildman–Crippen MR) is 95.1 cm³/mol. The summed E-state index contributed by atoms with van der Waals surface area (Å²) in [6.45, 7) is 3.24. The van der Waals surface area contributed by atoms with Crippen LogP contribution in [0.1, 0.15) is 31.4 Å². The zero-order chi connectivity index (χ0) is 17.4. The van der Waals surface area contributed by atoms with E-state index in [1.54, 1.807) is 6.92 Å². The summed E-state index contributed by atoms with van der Waals surface area (Å²) in [5, 5.41) is 0. The number of hydrogen-bond donors (Lipinski definition) is 0. The van der Waals surface area contributed by atoms with Gasteiger partial charge in [0.2, 0.25) is 0 Å². The average molecular weight is 322 g/mol. The first-order chi connectivity index (χ1) is 11.5. The van der Waals surface area contributed by atoms with E-state index < -0.39 is 11.4 Å². The summed E-state index contributed by atoms with van der Waals surface area (Å²) < 4.78 is 5.36. The summed E-state index contributed by atoms with van der Waals surface area (Å²) in [4.78, 5) is 24.5. The van der Waals surface area contributed by atoms with Crippen LogP contribution in [-0.4, -0.2) is 11.8 Å². The first kappa shape index (κ1) is 17.7. The number of Topliss-reactive ketones (excluding diaryl/α,β-unsaturated/α-hetero) is 1. The van der Waals surface area contributed by atoms with Gasteiger partial charge in [0.25, 0.3) is 0 Å². The van der Waals surface area contributed by atoms with Crippen LogP contribution in [0.3, 0.4) is 0 Å². The molecule has 3 heteroatoms. The van der Waals surface area contributed by atoms with Gasteiger partial charge in [-0.1, -0.05) is 72.8 Å². The third-order valence-electron chi connectivity index (χ3n) is 4.08. The molecule has 0 aliphatic carbocycles. The van der Waals surface area contributed by atoms with Crippen LogP contribution in [0.15, 0.2) is 66.7 Å². The number of hydrogen-bond acceptors (Lipinski definition) is 3. The molecule has 124 valence electrons. The van der Waals surface area contributed by atoms with Crippen molar-refractivity contribution in [3.63, 3.8) is 0 Å². The SMILES string of the molecule is CC(=O)[C@](C)(C/C=C/c1ccccc1)C(=O)OCc1ccccc1. The van der Waals surface area contributed by atoms with Crippen LogP contribution in [0.4, 0.5) is 0 Å². The molecule has 0 spiro atoms. The van der Waals surface area contributed by atoms with Crippen molar-refractivity contribution < 1.29 is 14.3 Å². The first-order valence-corrected chi connectivity index (χ1v) is 7.96. The minimum absolute atomic E-state index is 0.172. The van der Waals surface area contributed by atoms with Crippen molar-refractivity contribution in [1.82, 2.24) is 0 Å². The lowest BCUT2D eigenvalue weighted by Gasteiger charge is -2.23. The molecule has 0 aliphatic rings. The van der Waals surface area contributed by atoms with E-state index in [-0.39, 0.29) is 12.4 Å². The Morgan fingerprint density at radius 2 is 1.58 bits per heavy atom. The van der Waals surface area contributed by atoms with Crippen LogP contribution < -0.4 is 0 Å². The predicted octanol–water partition coefficient (Wildman–Crippen LogP) is 4.43. The number of rotatable bonds is 7. The number of ketones is 1. The van der Waals surface area contributed by atoms with E-state index in [9.17, 15) is 9.59 Å². The fourth-order valence-corrected chi connectivity index (χ4v) is 2.25. The standard InChI is InChI=1S/C21H22O3/c1-17(22)21(2,15-9-14-18-10-5-3-6-11-18)20(23)24-16-19-12-7-4-8-13-19/h3-14H,15-16H2,1-2H3/b14-9+/t21-/m0/s1. The molecular weight excluding hydrogens is 300 g/mol. The van der Waals surface area contributed by atoms with Gasteiger partial charge in [-0.05, 0) is 31.4 Å². The van der Waals surface area contributed by atoms with Crippen molar-refractivity contribution >= 4 is 17.8 Å². The minimum Gasteiger partial charge on any atom is -0.460 e. The highest BCUT2D eigenvalue weighted by molar-refractivity contribution is 6.02. The van der Waals surface area contributed by atoms with Crippen molar-refractivity contribution in [2.45, 2.75) is 26.9 Å². The lowest BCUT2D eigenvalue weighted by molar-refractivity contribution is -0.159. The summed E-state index contributed by atoms with van der Waals surface area (Å²) in [5.74, 6) is -0.685. The summed E-state index contributed by atoms with van der Waals surface area (Å²) >= 11 is 0. The molecule has 1 atom stereocenters. The smallest absolute Gasteiger partial charge is 0.319 e. The Labute approximate surface area is 143 Å². The Balaban J connectivity index is 2.01. The van der Waals surface area contributed by atoms with Gasteiger partial charge in [0.15, 0.2) is 0 Å². The molecule has 0 saturated carbocycles. The average Bonchev–Trinajstić information content (AvgIpc) is 2.61. The molecule has 0 amide bonds. The van der Waals surface area contributed by atoms with Crippen molar-refractivity contribution in [2.24, 2.45) is 5.41 Å². The molecule has 0 bridgehead atoms. The van der Waals surface area contributed by atoms with E-state index in [0.717, 1.165) is 11.1 Å². The molecule has 0 radical (unpaired) electrons. The Morgan fingerprint density at radius 1 is 1.00 bits per heavy atom. The van der Waals surface area contributed by atoms with E-state index in [2.05, 4.69) is 0 Å². The second-order valence-corrected chi connectivity index (χ2v) is 5.97. The Morgan fingerprint density at radius 3 is 2.17 bits per heavy atom. The maximum absolute atomic E-state index is 12.4. The van der Waals surface area contributed by atoms with E-state index in [1.807, 2.05) is 72.8 Å². The molecule has 2 aromatic carbocycles. The molecule has 2 aromatic rings. The van der Waals surface area contributed by atoms with Gasteiger partial charge in [-0.25, -0.2) is 0 Å². The normalized spacial score (nSPS) is 13.4. The fraction of sp³-hybridized carbons (Fsp3) is 0.238. The summed E-state index contributed by atoms with van der Waals surface area (Å²) in [6.07, 6.45) is 4.07. The van der Waals surface area contributed by atoms with Gasteiger partial charge < -0.3 is 4.74 Å². The van der Waals surface area contributed by atoms with E-state index >= 15 is 0 Å². The highest BCUT2D eigenvalue weighted by Gasteiger charge is 2.38. The zero-order valence-electron chi connectivity index (χ0n) is 14.1. The van der Waals surface area contributed by atoms with Crippen LogP contribution in [0.5, 0.6) is 0 Å². The van der Waals surface area contributed by atoms with Gasteiger partial charge in [0, 0.05) is 0 Å². The Bertz CT molecular complexity index is 704. The third-order valence-corrected chi connectivity index (χ3v) is 4.08. The van der Waals surface area contributed by atoms with Crippen LogP contribution in [0, 0.1) is 5.41 Å². The van der Waals surface area contributed by atoms with E-state index in [4.69, 9.17) is 4.74 Å². The summed E-state index contributed by atoms with van der Waals surface area (Å²) in [7, 11) is 0. The number of benzene rings is 2. The number of esters is 1. The van der Waals surface area contributed by atoms with Crippen molar-refractivity contribution in [2.75, 3.05) is 0 Å². The zero-order valence-corrected chi connectivity index (χ0v) is 14.1. The molecule has 2 rings (SSSR count). The number of ether oxygens (including phenoxy) is 1. The summed E-state index contributed by atoms with van der Waals surface area (Å²) in [6, 6.07) is 19.2. The second kappa shape index (κ2) is 8.25. The summed E-state index contributed by atoms with van der Waals surface area (Å²) in [5.41, 5.74) is 0.762. The van der Waals surface area contributed by atoms with Gasteiger partial charge in [0.1, 0.15) is 17.8 Å². The van der Waals surface area contributed by atoms with Gasteiger partial charge in [-0.15, -0.1) is 0 Å². The van der Waals surface area contributed by atoms with Crippen LogP contribution in [0.25, 0.3) is 6.08 Å². The third kappa shape index (κ3) is 4.66. The maximum Gasteiger partial charge on any atom is 0.319 e. The molecule has 0 aromatic heterocycles. The lowest BCUT2D eigenvalue weighted by Crippen LogP contribution is -2.36. The van der Waals surface area contributed by atoms with E-state index in [0.29, 0.717) is 6.42 Å². The highest BCUT2D eigenvalue weighted by atomic mass is 16.5. The maximum atomic E-state index is 12.4. The number of carbonyl (C=O) groups excluding carboxylic acids is 2. The van der Waals surface area contributed by atoms with Gasteiger partial charge in [-0.2, -0.15) is 0 Å². The lowest BCUT2D eigenvalue weighted by atomic mass is 9.82. The number of allylic oxidation sites excluding steroid dienone is 1. The quantitative estimate of drug-likeness (QED) is 0.559. The highest BCUT2D eigenvalue weighted by Crippen LogP contribution is 2.26. The van der Waals surface area contributed by atoms with Crippen molar-refractivity contribution in [1.29, 1.82) is 0 Å². The molecule has 0 aliphatic heterocycles. The molecule has 0 heterocycles. The molecule has 0 fully saturated rings. The molecule has 0 saturated heterocycles. The topological polar surface area (TPSA) is 43.4 Å². The Kier molecular flexibility index (Phi) is 6.07. The largest absolute Gasteiger partial charge is 0.460 e. The molecule has 3 nitrogen and oxygen atoms in total. The van der Waals surface area contributed by atoms with Crippen LogP contribution in [0.2, 0.25) is 0 Å². The van der Waals surface area contributed by atoms with Crippen molar-refractivity contribution in [3.8, 4) is 0 Å². The molecule has 0 N–H and O–H groups in total. The fourth-order valence-electron chi connectivity index (χ4n) is 2.25. The molecule has 24 heavy (non-hydrogen) atoms. The monoisotopic (exact) mass is 322 g/mol. The molecular formula is C21H22O3. The Hall–Kier alpha value is -2.68. The van der Waals surface area contributed by atoms with E-state index in [1.165, 1.54) is 6.92 Å². The van der Waals surface area contributed by atoms with Gasteiger partial charge in [0.05, 0.1) is 0 Å². The van der Waals surface area contributed by atoms with Gasteiger partial charge in [-0.3, -0.25) is 9.59 Å². The minimum atomic E-state index is -1.17. The van der Waals surface area contributed by atoms with Gasteiger partial charge >= 0.3 is 5.97 Å². The first-order valence-electron chi connectivity index (χ1n) is 7.96. The van der Waals surface area contributed by atoms with Crippen molar-refractivity contribution in [3.05, 3.63) is 77.9 Å². The van der Waals surface area contributed by atoms with Crippen LogP contribution in [-0.2, 0) is 20.9 Å². The van der Waals surface area contributed by atoms with Crippen LogP contribution >= 0.6 is 0 Å². The second-order valence-electron chi connectivity index (χ2n) is 5.97.